The average molecular weight is 304 g/mol. The van der Waals surface area contributed by atoms with Crippen molar-refractivity contribution in [1.82, 2.24) is 10.2 Å². The van der Waals surface area contributed by atoms with Gasteiger partial charge < -0.3 is 15.0 Å². The van der Waals surface area contributed by atoms with E-state index in [1.54, 1.807) is 4.90 Å². The fourth-order valence-electron chi connectivity index (χ4n) is 2.49. The van der Waals surface area contributed by atoms with Crippen LogP contribution in [0.15, 0.2) is 24.3 Å². The van der Waals surface area contributed by atoms with E-state index in [1.807, 2.05) is 24.3 Å². The number of hydrogen-bond donors (Lipinski definition) is 1. The maximum absolute atomic E-state index is 12.2. The normalized spacial score (nSPS) is 16.6. The molecular formula is C17H24N2O3. The molecule has 0 aliphatic carbocycles. The minimum atomic E-state index is -0.143. The first-order valence-electron chi connectivity index (χ1n) is 7.88. The molecule has 1 atom stereocenters. The Labute approximate surface area is 131 Å². The van der Waals surface area contributed by atoms with Crippen LogP contribution in [0.5, 0.6) is 5.75 Å². The van der Waals surface area contributed by atoms with E-state index in [4.69, 9.17) is 4.74 Å². The standard InChI is InChI=1S/C17H24N2O3/c1-3-13(2)14-7-4-5-8-15(14)22-12-17(21)19-10-6-9-18-16(20)11-19/h4-5,7-8,13H,3,6,9-12H2,1-2H3,(H,18,20). The smallest absolute Gasteiger partial charge is 0.260 e. The van der Waals surface area contributed by atoms with Crippen molar-refractivity contribution in [1.29, 1.82) is 0 Å². The van der Waals surface area contributed by atoms with Gasteiger partial charge >= 0.3 is 0 Å². The summed E-state index contributed by atoms with van der Waals surface area (Å²) in [6.07, 6.45) is 1.79. The lowest BCUT2D eigenvalue weighted by molar-refractivity contribution is -0.136. The molecule has 5 nitrogen and oxygen atoms in total. The minimum absolute atomic E-state index is 0.0271. The maximum atomic E-state index is 12.2. The highest BCUT2D eigenvalue weighted by atomic mass is 16.5. The van der Waals surface area contributed by atoms with Crippen molar-refractivity contribution in [2.24, 2.45) is 0 Å². The van der Waals surface area contributed by atoms with Gasteiger partial charge in [-0.05, 0) is 30.4 Å². The zero-order valence-electron chi connectivity index (χ0n) is 13.3. The molecule has 1 heterocycles. The van der Waals surface area contributed by atoms with Crippen LogP contribution in [-0.2, 0) is 9.59 Å². The monoisotopic (exact) mass is 304 g/mol. The fraction of sp³-hybridized carbons (Fsp3) is 0.529. The van der Waals surface area contributed by atoms with Gasteiger partial charge in [-0.1, -0.05) is 32.0 Å². The quantitative estimate of drug-likeness (QED) is 0.904. The molecule has 0 aromatic heterocycles. The number of carbonyl (C=O) groups excluding carboxylic acids is 2. The van der Waals surface area contributed by atoms with Crippen molar-refractivity contribution in [3.05, 3.63) is 29.8 Å². The molecular weight excluding hydrogens is 280 g/mol. The fourth-order valence-corrected chi connectivity index (χ4v) is 2.49. The summed E-state index contributed by atoms with van der Waals surface area (Å²) in [7, 11) is 0. The van der Waals surface area contributed by atoms with Gasteiger partial charge in [0.05, 0.1) is 6.54 Å². The number of nitrogens with one attached hydrogen (secondary N) is 1. The number of carbonyl (C=O) groups is 2. The van der Waals surface area contributed by atoms with Crippen LogP contribution in [0, 0.1) is 0 Å². The van der Waals surface area contributed by atoms with Crippen LogP contribution in [-0.4, -0.2) is 43.0 Å². The second kappa shape index (κ2) is 7.82. The average Bonchev–Trinajstić information content (AvgIpc) is 2.76. The number of ether oxygens (including phenoxy) is 1. The molecule has 1 aromatic rings. The zero-order chi connectivity index (χ0) is 15.9. The number of rotatable bonds is 5. The molecule has 0 saturated carbocycles. The predicted octanol–water partition coefficient (Wildman–Crippen LogP) is 1.93. The van der Waals surface area contributed by atoms with E-state index >= 15 is 0 Å². The zero-order valence-corrected chi connectivity index (χ0v) is 13.3. The van der Waals surface area contributed by atoms with E-state index in [2.05, 4.69) is 19.2 Å². The molecule has 0 radical (unpaired) electrons. The summed E-state index contributed by atoms with van der Waals surface area (Å²) in [5, 5.41) is 2.76. The van der Waals surface area contributed by atoms with Crippen LogP contribution in [0.3, 0.4) is 0 Å². The Kier molecular flexibility index (Phi) is 5.81. The van der Waals surface area contributed by atoms with Gasteiger partial charge in [0.15, 0.2) is 6.61 Å². The van der Waals surface area contributed by atoms with Gasteiger partial charge in [0.1, 0.15) is 5.75 Å². The van der Waals surface area contributed by atoms with Gasteiger partial charge in [0.25, 0.3) is 5.91 Å². The van der Waals surface area contributed by atoms with Gasteiger partial charge in [-0.3, -0.25) is 9.59 Å². The molecule has 120 valence electrons. The number of para-hydroxylation sites is 1. The van der Waals surface area contributed by atoms with Gasteiger partial charge in [-0.25, -0.2) is 0 Å². The third kappa shape index (κ3) is 4.23. The van der Waals surface area contributed by atoms with E-state index in [1.165, 1.54) is 0 Å². The number of nitrogens with zero attached hydrogens (tertiary/aromatic N) is 1. The van der Waals surface area contributed by atoms with Gasteiger partial charge in [-0.15, -0.1) is 0 Å². The Morgan fingerprint density at radius 2 is 2.18 bits per heavy atom. The van der Waals surface area contributed by atoms with Crippen molar-refractivity contribution in [3.63, 3.8) is 0 Å². The van der Waals surface area contributed by atoms with Crippen molar-refractivity contribution in [2.75, 3.05) is 26.2 Å². The van der Waals surface area contributed by atoms with Crippen LogP contribution in [0.2, 0.25) is 0 Å². The Morgan fingerprint density at radius 1 is 1.41 bits per heavy atom. The molecule has 2 rings (SSSR count). The second-order valence-electron chi connectivity index (χ2n) is 5.65. The first-order chi connectivity index (χ1) is 10.6. The lowest BCUT2D eigenvalue weighted by Gasteiger charge is -2.20. The van der Waals surface area contributed by atoms with Crippen molar-refractivity contribution in [3.8, 4) is 5.75 Å². The summed E-state index contributed by atoms with van der Waals surface area (Å²) >= 11 is 0. The van der Waals surface area contributed by atoms with Crippen molar-refractivity contribution in [2.45, 2.75) is 32.6 Å². The Balaban J connectivity index is 1.97. The van der Waals surface area contributed by atoms with E-state index in [-0.39, 0.29) is 25.0 Å². The number of amides is 2. The van der Waals surface area contributed by atoms with Crippen LogP contribution in [0.25, 0.3) is 0 Å². The lowest BCUT2D eigenvalue weighted by atomic mass is 9.98. The summed E-state index contributed by atoms with van der Waals surface area (Å²) in [6.45, 7) is 5.58. The molecule has 1 aliphatic heterocycles. The predicted molar refractivity (Wildman–Crippen MR) is 84.8 cm³/mol. The lowest BCUT2D eigenvalue weighted by Crippen LogP contribution is -2.39. The van der Waals surface area contributed by atoms with Crippen LogP contribution in [0.1, 0.15) is 38.2 Å². The molecule has 22 heavy (non-hydrogen) atoms. The Hall–Kier alpha value is -2.04. The van der Waals surface area contributed by atoms with Crippen molar-refractivity contribution >= 4 is 11.8 Å². The van der Waals surface area contributed by atoms with Gasteiger partial charge in [-0.2, -0.15) is 0 Å². The van der Waals surface area contributed by atoms with Gasteiger partial charge in [0.2, 0.25) is 5.91 Å². The van der Waals surface area contributed by atoms with E-state index in [0.717, 1.165) is 24.2 Å². The second-order valence-corrected chi connectivity index (χ2v) is 5.65. The van der Waals surface area contributed by atoms with Crippen LogP contribution in [0.4, 0.5) is 0 Å². The number of hydrogen-bond acceptors (Lipinski definition) is 3. The highest BCUT2D eigenvalue weighted by molar-refractivity contribution is 5.85. The van der Waals surface area contributed by atoms with Crippen LogP contribution < -0.4 is 10.1 Å². The first-order valence-corrected chi connectivity index (χ1v) is 7.88. The summed E-state index contributed by atoms with van der Waals surface area (Å²) in [5.74, 6) is 0.890. The number of benzene rings is 1. The largest absolute Gasteiger partial charge is 0.483 e. The molecule has 1 aromatic carbocycles. The maximum Gasteiger partial charge on any atom is 0.260 e. The molecule has 0 spiro atoms. The SMILES string of the molecule is CCC(C)c1ccccc1OCC(=O)N1CCCNC(=O)C1. The van der Waals surface area contributed by atoms with E-state index in [0.29, 0.717) is 19.0 Å². The molecule has 1 unspecified atom stereocenters. The summed E-state index contributed by atoms with van der Waals surface area (Å²) in [4.78, 5) is 25.3. The molecule has 1 fully saturated rings. The Morgan fingerprint density at radius 3 is 2.95 bits per heavy atom. The van der Waals surface area contributed by atoms with Crippen molar-refractivity contribution < 1.29 is 14.3 Å². The molecule has 1 aliphatic rings. The molecule has 2 amide bonds. The molecule has 1 saturated heterocycles. The third-order valence-electron chi connectivity index (χ3n) is 4.03. The van der Waals surface area contributed by atoms with E-state index in [9.17, 15) is 9.59 Å². The summed E-state index contributed by atoms with van der Waals surface area (Å²) in [5.41, 5.74) is 1.12. The summed E-state index contributed by atoms with van der Waals surface area (Å²) < 4.78 is 5.73. The molecule has 1 N–H and O–H groups in total. The first kappa shape index (κ1) is 16.3. The Bertz CT molecular complexity index is 530. The third-order valence-corrected chi connectivity index (χ3v) is 4.03. The highest BCUT2D eigenvalue weighted by Crippen LogP contribution is 2.28. The van der Waals surface area contributed by atoms with Gasteiger partial charge in [0, 0.05) is 13.1 Å². The summed E-state index contributed by atoms with van der Waals surface area (Å²) in [6, 6.07) is 7.82. The topological polar surface area (TPSA) is 58.6 Å². The van der Waals surface area contributed by atoms with E-state index < -0.39 is 0 Å². The van der Waals surface area contributed by atoms with Crippen LogP contribution >= 0.6 is 0 Å². The highest BCUT2D eigenvalue weighted by Gasteiger charge is 2.20. The minimum Gasteiger partial charge on any atom is -0.483 e. The molecule has 5 heteroatoms. The molecule has 0 bridgehead atoms.